The Labute approximate surface area is 147 Å². The van der Waals surface area contributed by atoms with E-state index < -0.39 is 0 Å². The lowest BCUT2D eigenvalue weighted by atomic mass is 10.0. The zero-order valence-corrected chi connectivity index (χ0v) is 14.2. The summed E-state index contributed by atoms with van der Waals surface area (Å²) in [6.45, 7) is 3.39. The molecule has 2 aromatic rings. The van der Waals surface area contributed by atoms with Crippen molar-refractivity contribution in [3.8, 4) is 6.07 Å². The van der Waals surface area contributed by atoms with E-state index in [-0.39, 0.29) is 12.0 Å². The molecule has 1 heterocycles. The van der Waals surface area contributed by atoms with E-state index in [4.69, 9.17) is 0 Å². The molecule has 3 rings (SSSR count). The first kappa shape index (κ1) is 17.0. The minimum atomic E-state index is -0.255. The molecule has 1 amide bonds. The van der Waals surface area contributed by atoms with Crippen molar-refractivity contribution in [1.29, 1.82) is 5.26 Å². The lowest BCUT2D eigenvalue weighted by Gasteiger charge is -2.32. The molecule has 0 unspecified atom stereocenters. The predicted octanol–water partition coefficient (Wildman–Crippen LogP) is 3.08. The quantitative estimate of drug-likeness (QED) is 0.904. The van der Waals surface area contributed by atoms with Crippen LogP contribution in [0.5, 0.6) is 0 Å². The molecule has 1 aliphatic rings. The Kier molecular flexibility index (Phi) is 5.01. The summed E-state index contributed by atoms with van der Waals surface area (Å²) in [5.41, 5.74) is 3.59. The number of nitriles is 1. The van der Waals surface area contributed by atoms with Gasteiger partial charge in [0.05, 0.1) is 17.4 Å². The lowest BCUT2D eigenvalue weighted by Crippen LogP contribution is -2.36. The Morgan fingerprint density at radius 2 is 2.00 bits per heavy atom. The van der Waals surface area contributed by atoms with E-state index in [9.17, 15) is 15.2 Å². The van der Waals surface area contributed by atoms with Crippen LogP contribution in [0.1, 0.15) is 34.3 Å². The van der Waals surface area contributed by atoms with Crippen LogP contribution in [-0.4, -0.2) is 30.2 Å². The molecule has 0 radical (unpaired) electrons. The van der Waals surface area contributed by atoms with Crippen molar-refractivity contribution in [1.82, 2.24) is 0 Å². The maximum absolute atomic E-state index is 12.4. The van der Waals surface area contributed by atoms with E-state index in [0.29, 0.717) is 29.7 Å². The van der Waals surface area contributed by atoms with Crippen molar-refractivity contribution in [2.45, 2.75) is 25.9 Å². The molecule has 5 heteroatoms. The second-order valence-electron chi connectivity index (χ2n) is 6.39. The number of nitrogens with zero attached hydrogens (tertiary/aromatic N) is 2. The van der Waals surface area contributed by atoms with Crippen LogP contribution in [0.2, 0.25) is 0 Å². The molecule has 1 fully saturated rings. The summed E-state index contributed by atoms with van der Waals surface area (Å²) in [5.74, 6) is -0.193. The molecule has 1 aliphatic heterocycles. The fraction of sp³-hybridized carbons (Fsp3) is 0.300. The van der Waals surface area contributed by atoms with Gasteiger partial charge in [0.25, 0.3) is 5.91 Å². The Bertz CT molecular complexity index is 818. The van der Waals surface area contributed by atoms with Gasteiger partial charge in [0.15, 0.2) is 0 Å². The molecule has 0 spiro atoms. The second-order valence-corrected chi connectivity index (χ2v) is 6.39. The molecule has 2 aromatic carbocycles. The third-order valence-electron chi connectivity index (χ3n) is 4.46. The van der Waals surface area contributed by atoms with E-state index in [1.54, 1.807) is 12.1 Å². The Morgan fingerprint density at radius 1 is 1.24 bits per heavy atom. The van der Waals surface area contributed by atoms with Gasteiger partial charge in [0, 0.05) is 24.3 Å². The number of aryl methyl sites for hydroxylation is 1. The number of piperidine rings is 1. The molecular weight excluding hydrogens is 314 g/mol. The van der Waals surface area contributed by atoms with Crippen molar-refractivity contribution in [2.24, 2.45) is 0 Å². The predicted molar refractivity (Wildman–Crippen MR) is 97.7 cm³/mol. The molecule has 128 valence electrons. The molecule has 5 nitrogen and oxygen atoms in total. The summed E-state index contributed by atoms with van der Waals surface area (Å²) in [7, 11) is 0. The van der Waals surface area contributed by atoms with Crippen molar-refractivity contribution in [3.05, 3.63) is 59.2 Å². The summed E-state index contributed by atoms with van der Waals surface area (Å²) >= 11 is 0. The van der Waals surface area contributed by atoms with Gasteiger partial charge < -0.3 is 15.3 Å². The van der Waals surface area contributed by atoms with Gasteiger partial charge >= 0.3 is 0 Å². The SMILES string of the molecule is Cc1cccc(C(=O)Nc2ccc(N3CCC(O)CC3)c(C#N)c2)c1. The number of carbonyl (C=O) groups is 1. The Balaban J connectivity index is 1.77. The van der Waals surface area contributed by atoms with Gasteiger partial charge in [-0.3, -0.25) is 4.79 Å². The lowest BCUT2D eigenvalue weighted by molar-refractivity contribution is 0.102. The molecule has 0 aliphatic carbocycles. The van der Waals surface area contributed by atoms with Gasteiger partial charge in [-0.2, -0.15) is 5.26 Å². The number of hydrogen-bond acceptors (Lipinski definition) is 4. The zero-order chi connectivity index (χ0) is 17.8. The molecule has 1 saturated heterocycles. The minimum Gasteiger partial charge on any atom is -0.393 e. The summed E-state index contributed by atoms with van der Waals surface area (Å²) in [5, 5.41) is 22.0. The van der Waals surface area contributed by atoms with E-state index in [1.165, 1.54) is 0 Å². The van der Waals surface area contributed by atoms with Crippen LogP contribution in [0.15, 0.2) is 42.5 Å². The largest absolute Gasteiger partial charge is 0.393 e. The summed E-state index contributed by atoms with van der Waals surface area (Å²) < 4.78 is 0. The number of aliphatic hydroxyl groups excluding tert-OH is 1. The molecule has 0 bridgehead atoms. The highest BCUT2D eigenvalue weighted by Gasteiger charge is 2.20. The third kappa shape index (κ3) is 3.98. The average Bonchev–Trinajstić information content (AvgIpc) is 2.62. The van der Waals surface area contributed by atoms with Crippen LogP contribution >= 0.6 is 0 Å². The monoisotopic (exact) mass is 335 g/mol. The number of carbonyl (C=O) groups excluding carboxylic acids is 1. The summed E-state index contributed by atoms with van der Waals surface area (Å²) in [6, 6.07) is 15.0. The van der Waals surface area contributed by atoms with Crippen LogP contribution in [0.4, 0.5) is 11.4 Å². The number of amides is 1. The highest BCUT2D eigenvalue weighted by molar-refractivity contribution is 6.04. The maximum atomic E-state index is 12.4. The number of benzene rings is 2. The summed E-state index contributed by atoms with van der Waals surface area (Å²) in [4.78, 5) is 14.5. The van der Waals surface area contributed by atoms with Crippen LogP contribution < -0.4 is 10.2 Å². The minimum absolute atomic E-state index is 0.193. The maximum Gasteiger partial charge on any atom is 0.255 e. The number of hydrogen-bond donors (Lipinski definition) is 2. The second kappa shape index (κ2) is 7.37. The topological polar surface area (TPSA) is 76.4 Å². The van der Waals surface area contributed by atoms with Crippen LogP contribution in [0, 0.1) is 18.3 Å². The molecule has 0 aromatic heterocycles. The third-order valence-corrected chi connectivity index (χ3v) is 4.46. The first-order chi connectivity index (χ1) is 12.1. The fourth-order valence-electron chi connectivity index (χ4n) is 3.08. The Morgan fingerprint density at radius 3 is 2.68 bits per heavy atom. The van der Waals surface area contributed by atoms with E-state index in [2.05, 4.69) is 16.3 Å². The van der Waals surface area contributed by atoms with Crippen LogP contribution in [0.3, 0.4) is 0 Å². The zero-order valence-electron chi connectivity index (χ0n) is 14.2. The first-order valence-electron chi connectivity index (χ1n) is 8.42. The molecular formula is C20H21N3O2. The fourth-order valence-corrected chi connectivity index (χ4v) is 3.08. The average molecular weight is 335 g/mol. The van der Waals surface area contributed by atoms with Gasteiger partial charge in [0.1, 0.15) is 6.07 Å². The van der Waals surface area contributed by atoms with Crippen molar-refractivity contribution < 1.29 is 9.90 Å². The molecule has 25 heavy (non-hydrogen) atoms. The highest BCUT2D eigenvalue weighted by atomic mass is 16.3. The highest BCUT2D eigenvalue weighted by Crippen LogP contribution is 2.27. The van der Waals surface area contributed by atoms with Gasteiger partial charge in [-0.05, 0) is 50.1 Å². The van der Waals surface area contributed by atoms with Gasteiger partial charge in [-0.25, -0.2) is 0 Å². The van der Waals surface area contributed by atoms with E-state index in [0.717, 1.165) is 24.3 Å². The van der Waals surface area contributed by atoms with Crippen LogP contribution in [0.25, 0.3) is 0 Å². The van der Waals surface area contributed by atoms with E-state index in [1.807, 2.05) is 37.3 Å². The van der Waals surface area contributed by atoms with Gasteiger partial charge in [-0.1, -0.05) is 17.7 Å². The first-order valence-corrected chi connectivity index (χ1v) is 8.42. The number of anilines is 2. The number of nitrogens with one attached hydrogen (secondary N) is 1. The van der Waals surface area contributed by atoms with Crippen molar-refractivity contribution in [2.75, 3.05) is 23.3 Å². The van der Waals surface area contributed by atoms with E-state index >= 15 is 0 Å². The molecule has 2 N–H and O–H groups in total. The standard InChI is InChI=1S/C20H21N3O2/c1-14-3-2-4-15(11-14)20(25)22-17-5-6-19(16(12-17)13-21)23-9-7-18(24)8-10-23/h2-6,11-12,18,24H,7-10H2,1H3,(H,22,25). The Hall–Kier alpha value is -2.84. The summed E-state index contributed by atoms with van der Waals surface area (Å²) in [6.07, 6.45) is 1.16. The van der Waals surface area contributed by atoms with Crippen molar-refractivity contribution >= 4 is 17.3 Å². The smallest absolute Gasteiger partial charge is 0.255 e. The number of rotatable bonds is 3. The van der Waals surface area contributed by atoms with Gasteiger partial charge in [0.2, 0.25) is 0 Å². The molecule has 0 atom stereocenters. The van der Waals surface area contributed by atoms with Crippen LogP contribution in [-0.2, 0) is 0 Å². The molecule has 0 saturated carbocycles. The van der Waals surface area contributed by atoms with Crippen molar-refractivity contribution in [3.63, 3.8) is 0 Å². The normalized spacial score (nSPS) is 14.8. The number of aliphatic hydroxyl groups is 1. The van der Waals surface area contributed by atoms with Gasteiger partial charge in [-0.15, -0.1) is 0 Å².